The van der Waals surface area contributed by atoms with Gasteiger partial charge in [-0.1, -0.05) is 42.5 Å². The zero-order chi connectivity index (χ0) is 15.2. The molecule has 0 spiro atoms. The first-order valence-corrected chi connectivity index (χ1v) is 7.95. The molecule has 1 aromatic carbocycles. The van der Waals surface area contributed by atoms with Crippen LogP contribution in [-0.4, -0.2) is 10.9 Å². The number of amides is 1. The number of thiophene rings is 1. The number of carbonyl (C=O) groups is 1. The van der Waals surface area contributed by atoms with E-state index in [0.29, 0.717) is 13.0 Å². The third-order valence-electron chi connectivity index (χ3n) is 3.18. The van der Waals surface area contributed by atoms with E-state index < -0.39 is 5.92 Å². The number of nitrogens with two attached hydrogens (primary N) is 1. The summed E-state index contributed by atoms with van der Waals surface area (Å²) in [5, 5.41) is 2.92. The Labute approximate surface area is 134 Å². The van der Waals surface area contributed by atoms with Gasteiger partial charge in [0.05, 0.1) is 17.5 Å². The molecule has 0 aliphatic heterocycles. The molecule has 0 radical (unpaired) electrons. The molecule has 1 atom stereocenters. The number of thiocarbonyl (C=S) groups is 1. The second kappa shape index (κ2) is 7.33. The van der Waals surface area contributed by atoms with Crippen molar-refractivity contribution < 1.29 is 4.79 Å². The van der Waals surface area contributed by atoms with Crippen molar-refractivity contribution in [1.82, 2.24) is 5.32 Å². The maximum Gasteiger partial charge on any atom is 0.230 e. The van der Waals surface area contributed by atoms with Gasteiger partial charge in [-0.2, -0.15) is 0 Å². The van der Waals surface area contributed by atoms with Gasteiger partial charge in [0.15, 0.2) is 0 Å². The molecule has 3 nitrogen and oxygen atoms in total. The average Bonchev–Trinajstić information content (AvgIpc) is 2.89. The molecule has 3 N–H and O–H groups in total. The fourth-order valence-corrected chi connectivity index (χ4v) is 3.07. The number of hydrogen-bond acceptors (Lipinski definition) is 3. The first-order chi connectivity index (χ1) is 10.1. The standard InChI is InChI=1S/C16H18N2OS2/c1-11-7-8-13(21-11)10-18-16(19)14(15(17)20)9-12-5-3-2-4-6-12/h2-8,14H,9-10H2,1H3,(H2,17,20)(H,18,19). The van der Waals surface area contributed by atoms with Crippen LogP contribution in [0.3, 0.4) is 0 Å². The highest BCUT2D eigenvalue weighted by Gasteiger charge is 2.21. The fraction of sp³-hybridized carbons (Fsp3) is 0.250. The van der Waals surface area contributed by atoms with Crippen LogP contribution in [0.2, 0.25) is 0 Å². The van der Waals surface area contributed by atoms with Crippen molar-refractivity contribution in [2.75, 3.05) is 0 Å². The molecule has 0 saturated carbocycles. The lowest BCUT2D eigenvalue weighted by atomic mass is 9.98. The van der Waals surface area contributed by atoms with E-state index in [1.807, 2.05) is 49.4 Å². The highest BCUT2D eigenvalue weighted by Crippen LogP contribution is 2.15. The smallest absolute Gasteiger partial charge is 0.230 e. The van der Waals surface area contributed by atoms with Gasteiger partial charge in [0, 0.05) is 9.75 Å². The second-order valence-electron chi connectivity index (χ2n) is 4.87. The Balaban J connectivity index is 1.97. The molecular formula is C16H18N2OS2. The van der Waals surface area contributed by atoms with Crippen LogP contribution in [0.4, 0.5) is 0 Å². The lowest BCUT2D eigenvalue weighted by Gasteiger charge is -2.15. The van der Waals surface area contributed by atoms with Gasteiger partial charge in [-0.3, -0.25) is 4.79 Å². The minimum Gasteiger partial charge on any atom is -0.393 e. The molecule has 0 aliphatic carbocycles. The van der Waals surface area contributed by atoms with E-state index in [1.165, 1.54) is 4.88 Å². The van der Waals surface area contributed by atoms with Crippen molar-refractivity contribution in [3.8, 4) is 0 Å². The molecule has 1 amide bonds. The Morgan fingerprint density at radius 1 is 1.29 bits per heavy atom. The number of carbonyl (C=O) groups excluding carboxylic acids is 1. The average molecular weight is 318 g/mol. The second-order valence-corrected chi connectivity index (χ2v) is 6.72. The summed E-state index contributed by atoms with van der Waals surface area (Å²) in [6.45, 7) is 2.56. The first-order valence-electron chi connectivity index (χ1n) is 6.72. The lowest BCUT2D eigenvalue weighted by Crippen LogP contribution is -2.38. The van der Waals surface area contributed by atoms with Crippen molar-refractivity contribution >= 4 is 34.5 Å². The molecule has 1 heterocycles. The maximum atomic E-state index is 12.3. The highest BCUT2D eigenvalue weighted by molar-refractivity contribution is 7.80. The maximum absolute atomic E-state index is 12.3. The Hall–Kier alpha value is -1.72. The fourth-order valence-electron chi connectivity index (χ4n) is 2.05. The molecule has 5 heteroatoms. The predicted molar refractivity (Wildman–Crippen MR) is 91.3 cm³/mol. The Bertz CT molecular complexity index is 622. The van der Waals surface area contributed by atoms with Crippen LogP contribution >= 0.6 is 23.6 Å². The predicted octanol–water partition coefficient (Wildman–Crippen LogP) is 2.82. The minimum absolute atomic E-state index is 0.114. The molecule has 0 bridgehead atoms. The van der Waals surface area contributed by atoms with Crippen LogP contribution in [0.5, 0.6) is 0 Å². The number of rotatable bonds is 6. The topological polar surface area (TPSA) is 55.1 Å². The largest absolute Gasteiger partial charge is 0.393 e. The molecule has 0 fully saturated rings. The summed E-state index contributed by atoms with van der Waals surface area (Å²) in [5.74, 6) is -0.583. The summed E-state index contributed by atoms with van der Waals surface area (Å²) in [6.07, 6.45) is 0.533. The molecule has 110 valence electrons. The van der Waals surface area contributed by atoms with E-state index >= 15 is 0 Å². The normalized spacial score (nSPS) is 11.9. The zero-order valence-corrected chi connectivity index (χ0v) is 13.5. The minimum atomic E-state index is -0.469. The summed E-state index contributed by atoms with van der Waals surface area (Å²) in [7, 11) is 0. The lowest BCUT2D eigenvalue weighted by molar-refractivity contribution is -0.123. The third kappa shape index (κ3) is 4.65. The molecule has 2 rings (SSSR count). The van der Waals surface area contributed by atoms with Crippen LogP contribution in [-0.2, 0) is 17.8 Å². The van der Waals surface area contributed by atoms with Crippen LogP contribution < -0.4 is 11.1 Å². The number of benzene rings is 1. The summed E-state index contributed by atoms with van der Waals surface area (Å²) in [4.78, 5) is 14.9. The number of nitrogens with one attached hydrogen (secondary N) is 1. The van der Waals surface area contributed by atoms with Gasteiger partial charge in [0.25, 0.3) is 0 Å². The van der Waals surface area contributed by atoms with Gasteiger partial charge in [0.1, 0.15) is 0 Å². The van der Waals surface area contributed by atoms with Gasteiger partial charge in [-0.05, 0) is 31.0 Å². The first kappa shape index (κ1) is 15.7. The quantitative estimate of drug-likeness (QED) is 0.805. The molecule has 1 aromatic heterocycles. The monoisotopic (exact) mass is 318 g/mol. The summed E-state index contributed by atoms with van der Waals surface area (Å²) < 4.78 is 0. The zero-order valence-electron chi connectivity index (χ0n) is 11.8. The van der Waals surface area contributed by atoms with E-state index in [4.69, 9.17) is 18.0 Å². The van der Waals surface area contributed by atoms with E-state index in [9.17, 15) is 4.79 Å². The highest BCUT2D eigenvalue weighted by atomic mass is 32.1. The summed E-state index contributed by atoms with van der Waals surface area (Å²) in [5.41, 5.74) is 6.78. The van der Waals surface area contributed by atoms with E-state index in [-0.39, 0.29) is 10.9 Å². The van der Waals surface area contributed by atoms with Crippen molar-refractivity contribution in [3.63, 3.8) is 0 Å². The van der Waals surface area contributed by atoms with E-state index in [2.05, 4.69) is 5.32 Å². The van der Waals surface area contributed by atoms with Crippen LogP contribution in [0.25, 0.3) is 0 Å². The van der Waals surface area contributed by atoms with Crippen molar-refractivity contribution in [2.24, 2.45) is 11.7 Å². The SMILES string of the molecule is Cc1ccc(CNC(=O)C(Cc2ccccc2)C(N)=S)s1. The third-order valence-corrected chi connectivity index (χ3v) is 4.46. The van der Waals surface area contributed by atoms with Gasteiger partial charge < -0.3 is 11.1 Å². The van der Waals surface area contributed by atoms with Crippen LogP contribution in [0.15, 0.2) is 42.5 Å². The van der Waals surface area contributed by atoms with E-state index in [1.54, 1.807) is 11.3 Å². The number of aryl methyl sites for hydroxylation is 1. The van der Waals surface area contributed by atoms with Gasteiger partial charge in [-0.15, -0.1) is 11.3 Å². The van der Waals surface area contributed by atoms with Crippen molar-refractivity contribution in [3.05, 3.63) is 57.8 Å². The van der Waals surface area contributed by atoms with E-state index in [0.717, 1.165) is 10.4 Å². The molecule has 2 aromatic rings. The molecule has 1 unspecified atom stereocenters. The molecule has 21 heavy (non-hydrogen) atoms. The molecule has 0 aliphatic rings. The van der Waals surface area contributed by atoms with Gasteiger partial charge >= 0.3 is 0 Å². The van der Waals surface area contributed by atoms with Crippen LogP contribution in [0.1, 0.15) is 15.3 Å². The number of hydrogen-bond donors (Lipinski definition) is 2. The summed E-state index contributed by atoms with van der Waals surface area (Å²) in [6, 6.07) is 13.8. The molecule has 0 saturated heterocycles. The van der Waals surface area contributed by atoms with Crippen LogP contribution in [0, 0.1) is 12.8 Å². The molecular weight excluding hydrogens is 300 g/mol. The Morgan fingerprint density at radius 2 is 2.00 bits per heavy atom. The van der Waals surface area contributed by atoms with Gasteiger partial charge in [0.2, 0.25) is 5.91 Å². The van der Waals surface area contributed by atoms with Crippen molar-refractivity contribution in [2.45, 2.75) is 19.9 Å². The van der Waals surface area contributed by atoms with Gasteiger partial charge in [-0.25, -0.2) is 0 Å². The Morgan fingerprint density at radius 3 is 2.57 bits per heavy atom. The van der Waals surface area contributed by atoms with Crippen molar-refractivity contribution in [1.29, 1.82) is 0 Å². The summed E-state index contributed by atoms with van der Waals surface area (Å²) >= 11 is 6.72. The Kier molecular flexibility index (Phi) is 5.47.